The highest BCUT2D eigenvalue weighted by Crippen LogP contribution is 2.25. The minimum Gasteiger partial charge on any atom is -0.493 e. The molecule has 2 atom stereocenters. The first-order valence-corrected chi connectivity index (χ1v) is 9.32. The lowest BCUT2D eigenvalue weighted by Crippen LogP contribution is -2.14. The number of rotatable bonds is 8. The number of halogens is 1. The van der Waals surface area contributed by atoms with Gasteiger partial charge in [-0.25, -0.2) is 0 Å². The molecule has 0 fully saturated rings. The quantitative estimate of drug-likeness (QED) is 0.562. The van der Waals surface area contributed by atoms with E-state index < -0.39 is 0 Å². The molecule has 0 N–H and O–H groups in total. The summed E-state index contributed by atoms with van der Waals surface area (Å²) in [5.41, 5.74) is 1.54. The normalized spacial score (nSPS) is 14.8. The molecule has 120 valence electrons. The fourth-order valence-electron chi connectivity index (χ4n) is 2.24. The topological polar surface area (TPSA) is 9.23 Å². The van der Waals surface area contributed by atoms with E-state index in [0.29, 0.717) is 11.2 Å². The number of ether oxygens (including phenoxy) is 1. The van der Waals surface area contributed by atoms with Crippen LogP contribution in [0.3, 0.4) is 0 Å². The van der Waals surface area contributed by atoms with Crippen LogP contribution in [0, 0.1) is 5.92 Å². The summed E-state index contributed by atoms with van der Waals surface area (Å²) in [5, 5.41) is 0.644. The minimum atomic E-state index is 0.195. The minimum absolute atomic E-state index is 0.195. The van der Waals surface area contributed by atoms with E-state index in [1.807, 2.05) is 11.8 Å². The van der Waals surface area contributed by atoms with Crippen molar-refractivity contribution in [2.45, 2.75) is 51.7 Å². The molecular weight excluding hydrogens is 300 g/mol. The molecule has 0 spiro atoms. The maximum Gasteiger partial charge on any atom is 0.119 e. The number of hydrogen-bond donors (Lipinski definition) is 0. The van der Waals surface area contributed by atoms with Crippen molar-refractivity contribution in [3.8, 4) is 5.75 Å². The Hall–Kier alpha value is -0.340. The third kappa shape index (κ3) is 7.46. The SMILES string of the molecule is CC(COc1ccc(C(C)(C)C)cc1)CC(C)SCCCl. The summed E-state index contributed by atoms with van der Waals surface area (Å²) in [5.74, 6) is 3.30. The first-order valence-electron chi connectivity index (χ1n) is 7.74. The highest BCUT2D eigenvalue weighted by molar-refractivity contribution is 7.99. The van der Waals surface area contributed by atoms with Gasteiger partial charge in [0.25, 0.3) is 0 Å². The average Bonchev–Trinajstić information content (AvgIpc) is 2.42. The summed E-state index contributed by atoms with van der Waals surface area (Å²) in [7, 11) is 0. The van der Waals surface area contributed by atoms with E-state index >= 15 is 0 Å². The zero-order chi connectivity index (χ0) is 15.9. The molecule has 21 heavy (non-hydrogen) atoms. The van der Waals surface area contributed by atoms with E-state index in [1.54, 1.807) is 0 Å². The molecule has 0 heterocycles. The van der Waals surface area contributed by atoms with Crippen LogP contribution < -0.4 is 4.74 Å². The molecule has 1 aromatic carbocycles. The molecule has 3 heteroatoms. The Morgan fingerprint density at radius 2 is 1.76 bits per heavy atom. The van der Waals surface area contributed by atoms with Gasteiger partial charge in [-0.2, -0.15) is 11.8 Å². The number of thioether (sulfide) groups is 1. The fraction of sp³-hybridized carbons (Fsp3) is 0.667. The van der Waals surface area contributed by atoms with Crippen molar-refractivity contribution in [3.05, 3.63) is 29.8 Å². The molecule has 0 saturated carbocycles. The van der Waals surface area contributed by atoms with E-state index in [1.165, 1.54) is 12.0 Å². The zero-order valence-electron chi connectivity index (χ0n) is 14.0. The number of alkyl halides is 1. The van der Waals surface area contributed by atoms with Gasteiger partial charge in [0.15, 0.2) is 0 Å². The Bertz CT molecular complexity index is 397. The first kappa shape index (κ1) is 18.7. The second-order valence-corrected chi connectivity index (χ2v) is 8.72. The van der Waals surface area contributed by atoms with E-state index in [9.17, 15) is 0 Å². The third-order valence-electron chi connectivity index (χ3n) is 3.47. The largest absolute Gasteiger partial charge is 0.493 e. The van der Waals surface area contributed by atoms with E-state index in [0.717, 1.165) is 24.0 Å². The standard InChI is InChI=1S/C18H29ClOS/c1-14(12-15(2)21-11-10-19)13-20-17-8-6-16(7-9-17)18(3,4)5/h6-9,14-15H,10-13H2,1-5H3. The van der Waals surface area contributed by atoms with Crippen molar-refractivity contribution in [3.63, 3.8) is 0 Å². The predicted octanol–water partition coefficient (Wildman–Crippen LogP) is 5.75. The molecule has 0 amide bonds. The third-order valence-corrected chi connectivity index (χ3v) is 5.08. The van der Waals surface area contributed by atoms with Crippen LogP contribution in [0.15, 0.2) is 24.3 Å². The van der Waals surface area contributed by atoms with E-state index in [4.69, 9.17) is 16.3 Å². The van der Waals surface area contributed by atoms with Gasteiger partial charge in [-0.1, -0.05) is 46.8 Å². The molecule has 2 unspecified atom stereocenters. The molecular formula is C18H29ClOS. The zero-order valence-corrected chi connectivity index (χ0v) is 15.6. The fourth-order valence-corrected chi connectivity index (χ4v) is 3.46. The van der Waals surface area contributed by atoms with Gasteiger partial charge in [0.05, 0.1) is 6.61 Å². The van der Waals surface area contributed by atoms with Crippen molar-refractivity contribution >= 4 is 23.4 Å². The van der Waals surface area contributed by atoms with Crippen LogP contribution in [0.2, 0.25) is 0 Å². The Balaban J connectivity index is 2.37. The summed E-state index contributed by atoms with van der Waals surface area (Å²) in [6.45, 7) is 12.0. The molecule has 1 aromatic rings. The van der Waals surface area contributed by atoms with Crippen LogP contribution >= 0.6 is 23.4 Å². The lowest BCUT2D eigenvalue weighted by molar-refractivity contribution is 0.252. The molecule has 1 rings (SSSR count). The van der Waals surface area contributed by atoms with Gasteiger partial charge in [-0.15, -0.1) is 11.6 Å². The lowest BCUT2D eigenvalue weighted by atomic mass is 9.87. The summed E-state index contributed by atoms with van der Waals surface area (Å²) in [6, 6.07) is 8.50. The Morgan fingerprint density at radius 1 is 1.14 bits per heavy atom. The molecule has 0 saturated heterocycles. The lowest BCUT2D eigenvalue weighted by Gasteiger charge is -2.20. The molecule has 0 bridgehead atoms. The maximum atomic E-state index is 5.91. The molecule has 0 aliphatic heterocycles. The summed E-state index contributed by atoms with van der Waals surface area (Å²) < 4.78 is 5.91. The van der Waals surface area contributed by atoms with Gasteiger partial charge >= 0.3 is 0 Å². The van der Waals surface area contributed by atoms with Crippen LogP contribution in [0.5, 0.6) is 5.75 Å². The highest BCUT2D eigenvalue weighted by Gasteiger charge is 2.13. The van der Waals surface area contributed by atoms with E-state index in [2.05, 4.69) is 58.9 Å². The maximum absolute atomic E-state index is 5.91. The highest BCUT2D eigenvalue weighted by atomic mass is 35.5. The molecule has 0 aliphatic rings. The first-order chi connectivity index (χ1) is 9.82. The second kappa shape index (κ2) is 8.95. The van der Waals surface area contributed by atoms with Crippen molar-refractivity contribution in [1.82, 2.24) is 0 Å². The van der Waals surface area contributed by atoms with Crippen molar-refractivity contribution in [2.24, 2.45) is 5.92 Å². The van der Waals surface area contributed by atoms with Crippen LogP contribution in [-0.2, 0) is 5.41 Å². The smallest absolute Gasteiger partial charge is 0.119 e. The van der Waals surface area contributed by atoms with Gasteiger partial charge in [0.1, 0.15) is 5.75 Å². The van der Waals surface area contributed by atoms with Gasteiger partial charge in [-0.05, 0) is 35.4 Å². The van der Waals surface area contributed by atoms with Crippen molar-refractivity contribution < 1.29 is 4.74 Å². The molecule has 0 aromatic heterocycles. The van der Waals surface area contributed by atoms with Gasteiger partial charge < -0.3 is 4.74 Å². The van der Waals surface area contributed by atoms with Crippen LogP contribution in [0.1, 0.15) is 46.6 Å². The van der Waals surface area contributed by atoms with Crippen LogP contribution in [-0.4, -0.2) is 23.5 Å². The molecule has 0 radical (unpaired) electrons. The Labute approximate surface area is 139 Å². The molecule has 0 aliphatic carbocycles. The molecule has 1 nitrogen and oxygen atoms in total. The monoisotopic (exact) mass is 328 g/mol. The Kier molecular flexibility index (Phi) is 7.97. The summed E-state index contributed by atoms with van der Waals surface area (Å²) in [4.78, 5) is 0. The van der Waals surface area contributed by atoms with E-state index in [-0.39, 0.29) is 5.41 Å². The van der Waals surface area contributed by atoms with Gasteiger partial charge in [0.2, 0.25) is 0 Å². The van der Waals surface area contributed by atoms with Crippen LogP contribution in [0.4, 0.5) is 0 Å². The van der Waals surface area contributed by atoms with Crippen molar-refractivity contribution in [1.29, 1.82) is 0 Å². The second-order valence-electron chi connectivity index (χ2n) is 6.80. The van der Waals surface area contributed by atoms with Crippen LogP contribution in [0.25, 0.3) is 0 Å². The predicted molar refractivity (Wildman–Crippen MR) is 97.1 cm³/mol. The summed E-state index contributed by atoms with van der Waals surface area (Å²) >= 11 is 7.67. The Morgan fingerprint density at radius 3 is 2.29 bits per heavy atom. The number of hydrogen-bond acceptors (Lipinski definition) is 2. The van der Waals surface area contributed by atoms with Gasteiger partial charge in [-0.3, -0.25) is 0 Å². The average molecular weight is 329 g/mol. The van der Waals surface area contributed by atoms with Gasteiger partial charge in [0, 0.05) is 16.9 Å². The van der Waals surface area contributed by atoms with Crippen molar-refractivity contribution in [2.75, 3.05) is 18.2 Å². The number of benzene rings is 1. The summed E-state index contributed by atoms with van der Waals surface area (Å²) in [6.07, 6.45) is 1.17.